The smallest absolute Gasteiger partial charge is 0.270 e. The van der Waals surface area contributed by atoms with E-state index in [4.69, 9.17) is 5.73 Å². The molecule has 2 heterocycles. The fraction of sp³-hybridized carbons (Fsp3) is 0.188. The van der Waals surface area contributed by atoms with Crippen LogP contribution in [0, 0.1) is 5.92 Å². The minimum atomic E-state index is -1.37. The third kappa shape index (κ3) is 10.4. The van der Waals surface area contributed by atoms with Gasteiger partial charge in [-0.1, -0.05) is 133 Å². The van der Waals surface area contributed by atoms with Crippen molar-refractivity contribution in [3.63, 3.8) is 0 Å². The molecule has 0 aliphatic rings. The normalized spacial score (nSPS) is 13.8. The molecule has 2 aromatic heterocycles. The summed E-state index contributed by atoms with van der Waals surface area (Å²) in [5.41, 5.74) is 10.6. The number of aliphatic hydroxyl groups is 1. The number of hydrogen-bond acceptors (Lipinski definition) is 6. The molecule has 298 valence electrons. The van der Waals surface area contributed by atoms with Crippen LogP contribution in [-0.4, -0.2) is 56.9 Å². The summed E-state index contributed by atoms with van der Waals surface area (Å²) in [5, 5.41) is 22.8. The third-order valence-corrected chi connectivity index (χ3v) is 10.5. The summed E-state index contributed by atoms with van der Waals surface area (Å²) in [6.45, 7) is 0. The highest BCUT2D eigenvalue weighted by molar-refractivity contribution is 5.99. The molecule has 0 spiro atoms. The number of carbonyl (C=O) groups excluding carboxylic acids is 4. The van der Waals surface area contributed by atoms with Crippen molar-refractivity contribution in [3.8, 4) is 0 Å². The maximum Gasteiger partial charge on any atom is 0.270 e. The number of nitrogens with one attached hydrogen (secondary N) is 4. The van der Waals surface area contributed by atoms with Crippen LogP contribution in [0.4, 0.5) is 0 Å². The largest absolute Gasteiger partial charge is 0.391 e. The monoisotopic (exact) mass is 786 g/mol. The van der Waals surface area contributed by atoms with E-state index >= 15 is 0 Å². The Kier molecular flexibility index (Phi) is 12.8. The molecule has 0 aliphatic heterocycles. The summed E-state index contributed by atoms with van der Waals surface area (Å²) in [6, 6.07) is 46.3. The fourth-order valence-corrected chi connectivity index (χ4v) is 7.40. The molecule has 11 heteroatoms. The van der Waals surface area contributed by atoms with Crippen molar-refractivity contribution < 1.29 is 24.3 Å². The zero-order valence-corrected chi connectivity index (χ0v) is 32.3. The standard InChI is InChI=1S/C48H46N6O5/c49-44(56)30-42(53-47(58)39-25-24-33-18-10-12-22-37(33)50-39)48(59)52-40(27-32-16-6-2-7-17-32)43(55)29-36(26-31-14-4-1-5-15-31)46(57)54-45(34-19-8-3-9-20-34)41-28-35-21-11-13-23-38(35)51-41/h1-25,28,36,40,42-43,45,51,55H,26-27,29-30H2,(H2,49,56)(H,52,59)(H,53,58)(H,54,57)/t36-,40-,42-,43-,45?/m0/s1. The van der Waals surface area contributed by atoms with Gasteiger partial charge in [-0.3, -0.25) is 19.2 Å². The highest BCUT2D eigenvalue weighted by atomic mass is 16.3. The van der Waals surface area contributed by atoms with Crippen molar-refractivity contribution in [3.05, 3.63) is 186 Å². The molecule has 0 saturated carbocycles. The number of pyridine rings is 1. The zero-order chi connectivity index (χ0) is 41.1. The lowest BCUT2D eigenvalue weighted by Gasteiger charge is -2.30. The molecule has 0 aliphatic carbocycles. The number of rotatable bonds is 17. The average molecular weight is 787 g/mol. The Morgan fingerprint density at radius 3 is 1.93 bits per heavy atom. The molecule has 0 radical (unpaired) electrons. The predicted molar refractivity (Wildman–Crippen MR) is 228 cm³/mol. The van der Waals surface area contributed by atoms with Crippen LogP contribution in [0.15, 0.2) is 158 Å². The number of H-pyrrole nitrogens is 1. The number of carbonyl (C=O) groups is 4. The Morgan fingerprint density at radius 2 is 1.25 bits per heavy atom. The van der Waals surface area contributed by atoms with E-state index in [1.807, 2.05) is 133 Å². The van der Waals surface area contributed by atoms with Crippen LogP contribution < -0.4 is 21.7 Å². The van der Waals surface area contributed by atoms with Gasteiger partial charge in [0.15, 0.2) is 0 Å². The van der Waals surface area contributed by atoms with E-state index in [9.17, 15) is 24.3 Å². The second-order valence-electron chi connectivity index (χ2n) is 14.7. The molecule has 5 atom stereocenters. The van der Waals surface area contributed by atoms with Crippen molar-refractivity contribution >= 4 is 45.4 Å². The highest BCUT2D eigenvalue weighted by Crippen LogP contribution is 2.27. The van der Waals surface area contributed by atoms with Gasteiger partial charge in [-0.05, 0) is 65.6 Å². The van der Waals surface area contributed by atoms with Gasteiger partial charge in [0.05, 0.1) is 30.1 Å². The van der Waals surface area contributed by atoms with Crippen LogP contribution in [0.5, 0.6) is 0 Å². The number of hydrogen-bond donors (Lipinski definition) is 6. The van der Waals surface area contributed by atoms with Crippen LogP contribution in [0.1, 0.15) is 51.8 Å². The summed E-state index contributed by atoms with van der Waals surface area (Å²) in [6.07, 6.45) is -1.26. The Hall–Kier alpha value is -7.11. The first-order valence-corrected chi connectivity index (χ1v) is 19.6. The molecule has 0 saturated heterocycles. The maximum absolute atomic E-state index is 14.6. The third-order valence-electron chi connectivity index (χ3n) is 10.5. The molecule has 11 nitrogen and oxygen atoms in total. The van der Waals surface area contributed by atoms with Gasteiger partial charge in [0.1, 0.15) is 11.7 Å². The number of benzene rings is 5. The number of para-hydroxylation sites is 2. The molecule has 59 heavy (non-hydrogen) atoms. The summed E-state index contributed by atoms with van der Waals surface area (Å²) in [4.78, 5) is 62.2. The molecule has 0 bridgehead atoms. The van der Waals surface area contributed by atoms with Crippen LogP contribution in [0.25, 0.3) is 21.8 Å². The van der Waals surface area contributed by atoms with Crippen LogP contribution in [-0.2, 0) is 27.2 Å². The first-order valence-electron chi connectivity index (χ1n) is 19.6. The number of aromatic nitrogens is 2. The maximum atomic E-state index is 14.6. The second-order valence-corrected chi connectivity index (χ2v) is 14.7. The Labute approximate surface area is 342 Å². The number of aliphatic hydroxyl groups excluding tert-OH is 1. The van der Waals surface area contributed by atoms with E-state index in [0.717, 1.165) is 38.7 Å². The average Bonchev–Trinajstić information content (AvgIpc) is 3.69. The SMILES string of the molecule is NC(=O)C[C@H](NC(=O)c1ccc2ccccc2n1)C(=O)N[C@@H](Cc1ccccc1)[C@@H](O)C[C@H](Cc1ccccc1)C(=O)NC(c1ccccc1)c1cc2ccccc2[nH]1. The van der Waals surface area contributed by atoms with Crippen molar-refractivity contribution in [1.29, 1.82) is 0 Å². The Balaban J connectivity index is 1.15. The first kappa shape index (κ1) is 40.1. The van der Waals surface area contributed by atoms with Gasteiger partial charge in [-0.2, -0.15) is 0 Å². The quantitative estimate of drug-likeness (QED) is 0.0666. The molecule has 1 unspecified atom stereocenters. The molecule has 0 fully saturated rings. The number of aromatic amines is 1. The van der Waals surface area contributed by atoms with Gasteiger partial charge in [0, 0.05) is 22.5 Å². The van der Waals surface area contributed by atoms with E-state index in [1.54, 1.807) is 18.2 Å². The summed E-state index contributed by atoms with van der Waals surface area (Å²) < 4.78 is 0. The van der Waals surface area contributed by atoms with E-state index in [2.05, 4.69) is 25.9 Å². The number of nitrogens with two attached hydrogens (primary N) is 1. The van der Waals surface area contributed by atoms with Gasteiger partial charge in [0.2, 0.25) is 17.7 Å². The molecule has 4 amide bonds. The molecular weight excluding hydrogens is 741 g/mol. The van der Waals surface area contributed by atoms with Crippen LogP contribution in [0.3, 0.4) is 0 Å². The molecular formula is C48H46N6O5. The van der Waals surface area contributed by atoms with E-state index in [-0.39, 0.29) is 24.4 Å². The zero-order valence-electron chi connectivity index (χ0n) is 32.3. The summed E-state index contributed by atoms with van der Waals surface area (Å²) in [5.74, 6) is -3.21. The number of primary amides is 1. The summed E-state index contributed by atoms with van der Waals surface area (Å²) >= 11 is 0. The molecule has 7 aromatic rings. The van der Waals surface area contributed by atoms with Gasteiger partial charge >= 0.3 is 0 Å². The number of amides is 4. The molecule has 7 N–H and O–H groups in total. The van der Waals surface area contributed by atoms with Crippen molar-refractivity contribution in [2.24, 2.45) is 11.7 Å². The highest BCUT2D eigenvalue weighted by Gasteiger charge is 2.33. The minimum absolute atomic E-state index is 0.0272. The fourth-order valence-electron chi connectivity index (χ4n) is 7.40. The van der Waals surface area contributed by atoms with E-state index < -0.39 is 54.3 Å². The van der Waals surface area contributed by atoms with E-state index in [1.165, 1.54) is 6.07 Å². The van der Waals surface area contributed by atoms with Crippen molar-refractivity contribution in [2.45, 2.75) is 49.9 Å². The van der Waals surface area contributed by atoms with Gasteiger partial charge in [-0.15, -0.1) is 0 Å². The molecule has 7 rings (SSSR count). The Bertz CT molecular complexity index is 2490. The number of fused-ring (bicyclic) bond motifs is 2. The first-order chi connectivity index (χ1) is 28.7. The lowest BCUT2D eigenvalue weighted by Crippen LogP contribution is -2.54. The predicted octanol–water partition coefficient (Wildman–Crippen LogP) is 5.93. The number of nitrogens with zero attached hydrogens (tertiary/aromatic N) is 1. The van der Waals surface area contributed by atoms with Crippen LogP contribution >= 0.6 is 0 Å². The molecule has 5 aromatic carbocycles. The lowest BCUT2D eigenvalue weighted by atomic mass is 9.88. The van der Waals surface area contributed by atoms with Crippen LogP contribution in [0.2, 0.25) is 0 Å². The van der Waals surface area contributed by atoms with E-state index in [0.29, 0.717) is 11.9 Å². The second kappa shape index (κ2) is 18.9. The minimum Gasteiger partial charge on any atom is -0.391 e. The topological polar surface area (TPSA) is 179 Å². The Morgan fingerprint density at radius 1 is 0.644 bits per heavy atom. The van der Waals surface area contributed by atoms with Gasteiger partial charge in [-0.25, -0.2) is 4.98 Å². The summed E-state index contributed by atoms with van der Waals surface area (Å²) in [7, 11) is 0. The van der Waals surface area contributed by atoms with Crippen molar-refractivity contribution in [2.75, 3.05) is 0 Å². The van der Waals surface area contributed by atoms with Gasteiger partial charge in [0.25, 0.3) is 5.91 Å². The van der Waals surface area contributed by atoms with Gasteiger partial charge < -0.3 is 31.8 Å². The lowest BCUT2D eigenvalue weighted by molar-refractivity contribution is -0.128. The van der Waals surface area contributed by atoms with Crippen molar-refractivity contribution in [1.82, 2.24) is 25.9 Å².